The number of carbonyl (C=O) groups excluding carboxylic acids is 2. The fourth-order valence-corrected chi connectivity index (χ4v) is 1.80. The van der Waals surface area contributed by atoms with Gasteiger partial charge in [0.15, 0.2) is 0 Å². The number of aryl methyl sites for hydroxylation is 1. The average Bonchev–Trinajstić information content (AvgIpc) is 2.45. The fraction of sp³-hybridized carbons (Fsp3) is 0.429. The van der Waals surface area contributed by atoms with Crippen molar-refractivity contribution in [3.8, 4) is 0 Å². The number of hydrogen-bond donors (Lipinski definition) is 2. The Morgan fingerprint density at radius 1 is 1.20 bits per heavy atom. The molecule has 0 saturated carbocycles. The topological polar surface area (TPSA) is 93.1 Å². The number of aliphatic hydroxyl groups is 2. The summed E-state index contributed by atoms with van der Waals surface area (Å²) in [6, 6.07) is 4.76. The number of methoxy groups -OCH3 is 2. The van der Waals surface area contributed by atoms with E-state index in [-0.39, 0.29) is 17.5 Å². The zero-order valence-electron chi connectivity index (χ0n) is 11.6. The molecular formula is C14H18O6. The minimum atomic E-state index is -1.39. The quantitative estimate of drug-likeness (QED) is 0.774. The molecule has 2 N–H and O–H groups in total. The van der Waals surface area contributed by atoms with Crippen molar-refractivity contribution in [3.63, 3.8) is 0 Å². The van der Waals surface area contributed by atoms with Gasteiger partial charge >= 0.3 is 11.9 Å². The van der Waals surface area contributed by atoms with E-state index in [9.17, 15) is 19.8 Å². The van der Waals surface area contributed by atoms with E-state index in [4.69, 9.17) is 0 Å². The molecule has 0 aliphatic carbocycles. The first kappa shape index (κ1) is 16.1. The van der Waals surface area contributed by atoms with Gasteiger partial charge in [-0.25, -0.2) is 4.79 Å². The number of benzene rings is 1. The molecule has 0 fully saturated rings. The summed E-state index contributed by atoms with van der Waals surface area (Å²) < 4.78 is 9.05. The molecule has 0 amide bonds. The van der Waals surface area contributed by atoms with Crippen LogP contribution in [0, 0.1) is 6.92 Å². The lowest BCUT2D eigenvalue weighted by Gasteiger charge is -2.19. The third-order valence-electron chi connectivity index (χ3n) is 2.90. The zero-order valence-corrected chi connectivity index (χ0v) is 11.6. The highest BCUT2D eigenvalue weighted by Crippen LogP contribution is 2.25. The minimum absolute atomic E-state index is 0.148. The number of ether oxygens (including phenoxy) is 2. The van der Waals surface area contributed by atoms with E-state index in [1.54, 1.807) is 19.1 Å². The van der Waals surface area contributed by atoms with Crippen molar-refractivity contribution in [1.29, 1.82) is 0 Å². The molecule has 2 atom stereocenters. The highest BCUT2D eigenvalue weighted by molar-refractivity contribution is 5.91. The summed E-state index contributed by atoms with van der Waals surface area (Å²) in [6.07, 6.45) is -3.12. The minimum Gasteiger partial charge on any atom is -0.469 e. The predicted molar refractivity (Wildman–Crippen MR) is 70.1 cm³/mol. The lowest BCUT2D eigenvalue weighted by atomic mass is 9.95. The van der Waals surface area contributed by atoms with E-state index >= 15 is 0 Å². The predicted octanol–water partition coefficient (Wildman–Crippen LogP) is 0.739. The van der Waals surface area contributed by atoms with Crippen LogP contribution in [-0.4, -0.2) is 42.5 Å². The van der Waals surface area contributed by atoms with E-state index in [1.807, 2.05) is 0 Å². The fourth-order valence-electron chi connectivity index (χ4n) is 1.80. The van der Waals surface area contributed by atoms with Gasteiger partial charge in [-0.3, -0.25) is 4.79 Å². The number of rotatable bonds is 5. The van der Waals surface area contributed by atoms with Gasteiger partial charge in [0, 0.05) is 0 Å². The normalized spacial score (nSPS) is 13.4. The summed E-state index contributed by atoms with van der Waals surface area (Å²) >= 11 is 0. The summed E-state index contributed by atoms with van der Waals surface area (Å²) in [7, 11) is 2.41. The first-order valence-corrected chi connectivity index (χ1v) is 6.02. The Bertz CT molecular complexity index is 496. The monoisotopic (exact) mass is 282 g/mol. The summed E-state index contributed by atoms with van der Waals surface area (Å²) in [4.78, 5) is 22.8. The third kappa shape index (κ3) is 3.79. The molecule has 6 heteroatoms. The van der Waals surface area contributed by atoms with Crippen LogP contribution >= 0.6 is 0 Å². The zero-order chi connectivity index (χ0) is 15.3. The molecule has 1 rings (SSSR count). The summed E-state index contributed by atoms with van der Waals surface area (Å²) in [5, 5.41) is 20.0. The van der Waals surface area contributed by atoms with Gasteiger partial charge < -0.3 is 19.7 Å². The van der Waals surface area contributed by atoms with Crippen molar-refractivity contribution >= 4 is 11.9 Å². The standard InChI is InChI=1S/C14H18O6/c1-8-4-5-9(14(18)20-3)10(6-8)13(17)11(15)7-12(16)19-2/h4-6,11,13,15,17H,7H2,1-3H3. The van der Waals surface area contributed by atoms with Crippen LogP contribution < -0.4 is 0 Å². The highest BCUT2D eigenvalue weighted by Gasteiger charge is 2.26. The maximum Gasteiger partial charge on any atom is 0.338 e. The number of aliphatic hydroxyl groups excluding tert-OH is 2. The van der Waals surface area contributed by atoms with Crippen LogP contribution in [0.5, 0.6) is 0 Å². The maximum atomic E-state index is 11.6. The highest BCUT2D eigenvalue weighted by atomic mass is 16.5. The second kappa shape index (κ2) is 7.02. The third-order valence-corrected chi connectivity index (χ3v) is 2.90. The van der Waals surface area contributed by atoms with Crippen molar-refractivity contribution in [2.24, 2.45) is 0 Å². The van der Waals surface area contributed by atoms with Gasteiger partial charge in [0.25, 0.3) is 0 Å². The van der Waals surface area contributed by atoms with Gasteiger partial charge in [0.2, 0.25) is 0 Å². The van der Waals surface area contributed by atoms with E-state index < -0.39 is 24.1 Å². The van der Waals surface area contributed by atoms with E-state index in [1.165, 1.54) is 20.3 Å². The molecule has 0 spiro atoms. The summed E-state index contributed by atoms with van der Waals surface area (Å²) in [6.45, 7) is 1.78. The molecule has 6 nitrogen and oxygen atoms in total. The van der Waals surface area contributed by atoms with Crippen LogP contribution in [-0.2, 0) is 14.3 Å². The molecule has 0 aliphatic heterocycles. The van der Waals surface area contributed by atoms with Crippen LogP contribution in [0.3, 0.4) is 0 Å². The van der Waals surface area contributed by atoms with Crippen LogP contribution in [0.2, 0.25) is 0 Å². The van der Waals surface area contributed by atoms with Crippen molar-refractivity contribution in [2.75, 3.05) is 14.2 Å². The van der Waals surface area contributed by atoms with Crippen molar-refractivity contribution in [1.82, 2.24) is 0 Å². The Morgan fingerprint density at radius 3 is 2.40 bits per heavy atom. The number of esters is 2. The van der Waals surface area contributed by atoms with Gasteiger partial charge in [0.05, 0.1) is 32.3 Å². The molecule has 110 valence electrons. The number of carbonyl (C=O) groups is 2. The number of hydrogen-bond acceptors (Lipinski definition) is 6. The molecule has 0 saturated heterocycles. The first-order valence-electron chi connectivity index (χ1n) is 6.02. The van der Waals surface area contributed by atoms with Crippen LogP contribution in [0.1, 0.15) is 34.0 Å². The largest absolute Gasteiger partial charge is 0.469 e. The van der Waals surface area contributed by atoms with Gasteiger partial charge in [-0.05, 0) is 18.6 Å². The summed E-state index contributed by atoms with van der Waals surface area (Å²) in [5.41, 5.74) is 1.17. The molecule has 2 unspecified atom stereocenters. The lowest BCUT2D eigenvalue weighted by molar-refractivity contribution is -0.144. The Labute approximate surface area is 116 Å². The van der Waals surface area contributed by atoms with Gasteiger partial charge in [-0.1, -0.05) is 17.7 Å². The van der Waals surface area contributed by atoms with Crippen LogP contribution in [0.25, 0.3) is 0 Å². The average molecular weight is 282 g/mol. The molecule has 0 heterocycles. The maximum absolute atomic E-state index is 11.6. The van der Waals surface area contributed by atoms with Gasteiger partial charge in [0.1, 0.15) is 6.10 Å². The molecule has 1 aromatic carbocycles. The smallest absolute Gasteiger partial charge is 0.338 e. The van der Waals surface area contributed by atoms with Crippen molar-refractivity contribution in [2.45, 2.75) is 25.6 Å². The van der Waals surface area contributed by atoms with Gasteiger partial charge in [-0.2, -0.15) is 0 Å². The molecule has 0 aromatic heterocycles. The van der Waals surface area contributed by atoms with Crippen molar-refractivity contribution in [3.05, 3.63) is 34.9 Å². The van der Waals surface area contributed by atoms with Gasteiger partial charge in [-0.15, -0.1) is 0 Å². The Morgan fingerprint density at radius 2 is 1.85 bits per heavy atom. The first-order chi connectivity index (χ1) is 9.40. The summed E-state index contributed by atoms with van der Waals surface area (Å²) in [5.74, 6) is -1.27. The van der Waals surface area contributed by atoms with E-state index in [2.05, 4.69) is 9.47 Å². The Hall–Kier alpha value is -1.92. The molecule has 1 aromatic rings. The lowest BCUT2D eigenvalue weighted by Crippen LogP contribution is -2.24. The second-order valence-corrected chi connectivity index (χ2v) is 4.37. The van der Waals surface area contributed by atoms with Crippen LogP contribution in [0.15, 0.2) is 18.2 Å². The second-order valence-electron chi connectivity index (χ2n) is 4.37. The molecule has 0 aliphatic rings. The molecule has 0 bridgehead atoms. The van der Waals surface area contributed by atoms with Crippen molar-refractivity contribution < 1.29 is 29.3 Å². The molecular weight excluding hydrogens is 264 g/mol. The van der Waals surface area contributed by atoms with E-state index in [0.29, 0.717) is 0 Å². The molecule has 0 radical (unpaired) electrons. The molecule has 20 heavy (non-hydrogen) atoms. The SMILES string of the molecule is COC(=O)CC(O)C(O)c1cc(C)ccc1C(=O)OC. The van der Waals surface area contributed by atoms with Crippen LogP contribution in [0.4, 0.5) is 0 Å². The van der Waals surface area contributed by atoms with E-state index in [0.717, 1.165) is 5.56 Å². The Kier molecular flexibility index (Phi) is 5.66. The Balaban J connectivity index is 3.07.